The molecule has 1 aromatic carbocycles. The summed E-state index contributed by atoms with van der Waals surface area (Å²) in [6.45, 7) is 2.15. The van der Waals surface area contributed by atoms with Crippen LogP contribution in [0.3, 0.4) is 0 Å². The molecule has 5 nitrogen and oxygen atoms in total. The highest BCUT2D eigenvalue weighted by atomic mass is 35.5. The molecule has 3 N–H and O–H groups in total. The fourth-order valence-corrected chi connectivity index (χ4v) is 2.08. The van der Waals surface area contributed by atoms with E-state index in [-0.39, 0.29) is 12.6 Å². The lowest BCUT2D eigenvalue weighted by Gasteiger charge is -2.13. The summed E-state index contributed by atoms with van der Waals surface area (Å²) in [6.07, 6.45) is 0. The summed E-state index contributed by atoms with van der Waals surface area (Å²) in [5.74, 6) is 0.381. The standard InChI is InChI=1S/C11H12Cl2N4O/c1-6(8-3-2-7(12)4-9(8)13)15-11-17-16-10(5-14)18-11/h2-4,6H,5,14H2,1H3,(H,15,17). The van der Waals surface area contributed by atoms with Crippen molar-refractivity contribution in [3.05, 3.63) is 39.7 Å². The van der Waals surface area contributed by atoms with E-state index >= 15 is 0 Å². The summed E-state index contributed by atoms with van der Waals surface area (Å²) in [5, 5.41) is 11.8. The number of hydrogen-bond donors (Lipinski definition) is 2. The van der Waals surface area contributed by atoms with Crippen molar-refractivity contribution < 1.29 is 4.42 Å². The van der Waals surface area contributed by atoms with Crippen molar-refractivity contribution in [2.45, 2.75) is 19.5 Å². The lowest BCUT2D eigenvalue weighted by molar-refractivity contribution is 0.503. The second-order valence-electron chi connectivity index (χ2n) is 3.74. The van der Waals surface area contributed by atoms with Crippen LogP contribution in [-0.4, -0.2) is 10.2 Å². The van der Waals surface area contributed by atoms with Crippen LogP contribution in [-0.2, 0) is 6.54 Å². The van der Waals surface area contributed by atoms with Crippen LogP contribution in [0.2, 0.25) is 10.0 Å². The largest absolute Gasteiger partial charge is 0.407 e. The van der Waals surface area contributed by atoms with Crippen molar-refractivity contribution in [3.8, 4) is 0 Å². The van der Waals surface area contributed by atoms with Crippen molar-refractivity contribution >= 4 is 29.2 Å². The monoisotopic (exact) mass is 286 g/mol. The Morgan fingerprint density at radius 3 is 2.78 bits per heavy atom. The minimum Gasteiger partial charge on any atom is -0.407 e. The third kappa shape index (κ3) is 2.93. The molecule has 7 heteroatoms. The van der Waals surface area contributed by atoms with E-state index in [9.17, 15) is 0 Å². The Hall–Kier alpha value is -1.30. The number of aromatic nitrogens is 2. The molecule has 2 aromatic rings. The molecule has 0 aliphatic heterocycles. The number of rotatable bonds is 4. The third-order valence-electron chi connectivity index (χ3n) is 2.41. The van der Waals surface area contributed by atoms with Crippen LogP contribution >= 0.6 is 23.2 Å². The van der Waals surface area contributed by atoms with Crippen LogP contribution in [0.25, 0.3) is 0 Å². The molecule has 1 unspecified atom stereocenters. The van der Waals surface area contributed by atoms with Crippen LogP contribution in [0.15, 0.2) is 22.6 Å². The molecule has 1 aromatic heterocycles. The smallest absolute Gasteiger partial charge is 0.315 e. The Balaban J connectivity index is 2.13. The molecule has 0 spiro atoms. The summed E-state index contributed by atoms with van der Waals surface area (Å²) in [7, 11) is 0. The molecule has 0 saturated heterocycles. The average molecular weight is 287 g/mol. The van der Waals surface area contributed by atoms with E-state index in [1.54, 1.807) is 12.1 Å². The Morgan fingerprint density at radius 1 is 1.39 bits per heavy atom. The summed E-state index contributed by atoms with van der Waals surface area (Å²) in [5.41, 5.74) is 6.28. The van der Waals surface area contributed by atoms with Gasteiger partial charge in [0.1, 0.15) is 0 Å². The van der Waals surface area contributed by atoms with Gasteiger partial charge in [-0.05, 0) is 24.6 Å². The van der Waals surface area contributed by atoms with E-state index in [2.05, 4.69) is 15.5 Å². The minimum atomic E-state index is -0.0826. The topological polar surface area (TPSA) is 77.0 Å². The van der Waals surface area contributed by atoms with Gasteiger partial charge in [0.2, 0.25) is 5.89 Å². The van der Waals surface area contributed by atoms with E-state index < -0.39 is 0 Å². The highest BCUT2D eigenvalue weighted by Gasteiger charge is 2.13. The van der Waals surface area contributed by atoms with Crippen molar-refractivity contribution in [1.29, 1.82) is 0 Å². The number of nitrogens with two attached hydrogens (primary N) is 1. The van der Waals surface area contributed by atoms with Gasteiger partial charge in [0.25, 0.3) is 0 Å². The Morgan fingerprint density at radius 2 is 2.17 bits per heavy atom. The number of halogens is 2. The second-order valence-corrected chi connectivity index (χ2v) is 4.58. The molecule has 18 heavy (non-hydrogen) atoms. The SMILES string of the molecule is CC(Nc1nnc(CN)o1)c1ccc(Cl)cc1Cl. The number of benzene rings is 1. The first kappa shape index (κ1) is 13.1. The van der Waals surface area contributed by atoms with Gasteiger partial charge in [-0.1, -0.05) is 34.4 Å². The maximum absolute atomic E-state index is 6.11. The molecule has 0 radical (unpaired) electrons. The van der Waals surface area contributed by atoms with Gasteiger partial charge in [-0.15, -0.1) is 5.10 Å². The van der Waals surface area contributed by atoms with E-state index in [4.69, 9.17) is 33.4 Å². The van der Waals surface area contributed by atoms with Gasteiger partial charge in [0.15, 0.2) is 0 Å². The number of hydrogen-bond acceptors (Lipinski definition) is 5. The van der Waals surface area contributed by atoms with Gasteiger partial charge in [-0.25, -0.2) is 0 Å². The fourth-order valence-electron chi connectivity index (χ4n) is 1.51. The predicted octanol–water partition coefficient (Wildman–Crippen LogP) is 3.01. The van der Waals surface area contributed by atoms with Crippen molar-refractivity contribution in [2.75, 3.05) is 5.32 Å². The van der Waals surface area contributed by atoms with Crippen molar-refractivity contribution in [3.63, 3.8) is 0 Å². The van der Waals surface area contributed by atoms with E-state index in [0.717, 1.165) is 5.56 Å². The zero-order valence-electron chi connectivity index (χ0n) is 9.65. The summed E-state index contributed by atoms with van der Waals surface area (Å²) in [6, 6.07) is 5.55. The lowest BCUT2D eigenvalue weighted by Crippen LogP contribution is -2.07. The Kier molecular flexibility index (Phi) is 4.06. The van der Waals surface area contributed by atoms with Crippen LogP contribution in [0, 0.1) is 0 Å². The van der Waals surface area contributed by atoms with Gasteiger partial charge in [-0.3, -0.25) is 0 Å². The van der Waals surface area contributed by atoms with Crippen LogP contribution in [0.1, 0.15) is 24.4 Å². The quantitative estimate of drug-likeness (QED) is 0.903. The molecular weight excluding hydrogens is 275 g/mol. The van der Waals surface area contributed by atoms with E-state index in [1.165, 1.54) is 0 Å². The van der Waals surface area contributed by atoms with Crippen LogP contribution in [0.5, 0.6) is 0 Å². The minimum absolute atomic E-state index is 0.0826. The van der Waals surface area contributed by atoms with Crippen molar-refractivity contribution in [1.82, 2.24) is 10.2 Å². The van der Waals surface area contributed by atoms with Gasteiger partial charge in [-0.2, -0.15) is 0 Å². The molecule has 0 aliphatic rings. The molecule has 1 heterocycles. The normalized spacial score (nSPS) is 12.4. The van der Waals surface area contributed by atoms with Gasteiger partial charge in [0.05, 0.1) is 12.6 Å². The number of nitrogens with one attached hydrogen (secondary N) is 1. The third-order valence-corrected chi connectivity index (χ3v) is 2.97. The van der Waals surface area contributed by atoms with Crippen LogP contribution < -0.4 is 11.1 Å². The van der Waals surface area contributed by atoms with Crippen molar-refractivity contribution in [2.24, 2.45) is 5.73 Å². The maximum Gasteiger partial charge on any atom is 0.315 e. The average Bonchev–Trinajstić information content (AvgIpc) is 2.76. The molecule has 2 rings (SSSR count). The van der Waals surface area contributed by atoms with Crippen LogP contribution in [0.4, 0.5) is 6.01 Å². The number of anilines is 1. The molecule has 1 atom stereocenters. The molecule has 0 saturated carbocycles. The summed E-state index contributed by atoms with van der Waals surface area (Å²) in [4.78, 5) is 0. The van der Waals surface area contributed by atoms with Gasteiger partial charge < -0.3 is 15.5 Å². The fraction of sp³-hybridized carbons (Fsp3) is 0.273. The Bertz CT molecular complexity index is 544. The summed E-state index contributed by atoms with van der Waals surface area (Å²) >= 11 is 12.0. The molecule has 0 aliphatic carbocycles. The van der Waals surface area contributed by atoms with E-state index in [1.807, 2.05) is 13.0 Å². The van der Waals surface area contributed by atoms with E-state index in [0.29, 0.717) is 22.0 Å². The molecule has 0 amide bonds. The lowest BCUT2D eigenvalue weighted by atomic mass is 10.1. The number of nitrogens with zero attached hydrogens (tertiary/aromatic N) is 2. The maximum atomic E-state index is 6.11. The first-order chi connectivity index (χ1) is 8.60. The highest BCUT2D eigenvalue weighted by molar-refractivity contribution is 6.35. The first-order valence-electron chi connectivity index (χ1n) is 5.34. The summed E-state index contributed by atoms with van der Waals surface area (Å²) < 4.78 is 5.26. The Labute approximate surface area is 114 Å². The first-order valence-corrected chi connectivity index (χ1v) is 6.09. The molecule has 96 valence electrons. The highest BCUT2D eigenvalue weighted by Crippen LogP contribution is 2.28. The molecule has 0 fully saturated rings. The molecular formula is C11H12Cl2N4O. The second kappa shape index (κ2) is 5.56. The van der Waals surface area contributed by atoms with Gasteiger partial charge >= 0.3 is 6.01 Å². The molecule has 0 bridgehead atoms. The zero-order valence-corrected chi connectivity index (χ0v) is 11.2. The predicted molar refractivity (Wildman–Crippen MR) is 70.7 cm³/mol. The van der Waals surface area contributed by atoms with Gasteiger partial charge in [0, 0.05) is 10.0 Å². The zero-order chi connectivity index (χ0) is 13.1.